The van der Waals surface area contributed by atoms with E-state index in [9.17, 15) is 14.9 Å². The Morgan fingerprint density at radius 3 is 2.72 bits per heavy atom. The molecule has 8 heteroatoms. The first-order chi connectivity index (χ1) is 12.0. The standard InChI is InChI=1S/C17H13ClN4O3/c1-11-14(10-19-15-7-2-3-8-16(15)22(24)25)17(23)21(20-11)13-6-4-5-12(18)9-13/h2-10,20H,1H3. The molecule has 0 unspecified atom stereocenters. The lowest BCUT2D eigenvalue weighted by Gasteiger charge is -2.01. The monoisotopic (exact) mass is 356 g/mol. The van der Waals surface area contributed by atoms with E-state index in [0.717, 1.165) is 0 Å². The van der Waals surface area contributed by atoms with Crippen molar-refractivity contribution in [1.29, 1.82) is 0 Å². The molecule has 126 valence electrons. The Morgan fingerprint density at radius 2 is 2.00 bits per heavy atom. The van der Waals surface area contributed by atoms with E-state index in [0.29, 0.717) is 22.0 Å². The van der Waals surface area contributed by atoms with E-state index in [1.807, 2.05) is 0 Å². The molecule has 0 radical (unpaired) electrons. The fourth-order valence-corrected chi connectivity index (χ4v) is 2.55. The third-order valence-electron chi connectivity index (χ3n) is 3.59. The zero-order chi connectivity index (χ0) is 18.0. The lowest BCUT2D eigenvalue weighted by Crippen LogP contribution is -2.17. The molecular formula is C17H13ClN4O3. The van der Waals surface area contributed by atoms with Crippen molar-refractivity contribution in [3.05, 3.63) is 85.3 Å². The summed E-state index contributed by atoms with van der Waals surface area (Å²) in [6, 6.07) is 12.9. The van der Waals surface area contributed by atoms with Gasteiger partial charge in [0.25, 0.3) is 11.2 Å². The maximum Gasteiger partial charge on any atom is 0.294 e. The van der Waals surface area contributed by atoms with Crippen molar-refractivity contribution in [2.24, 2.45) is 4.99 Å². The molecule has 0 aliphatic carbocycles. The number of aromatic nitrogens is 2. The van der Waals surface area contributed by atoms with Gasteiger partial charge in [0.05, 0.1) is 16.2 Å². The van der Waals surface area contributed by atoms with Crippen molar-refractivity contribution in [2.75, 3.05) is 0 Å². The summed E-state index contributed by atoms with van der Waals surface area (Å²) in [6.07, 6.45) is 1.33. The molecule has 0 atom stereocenters. The summed E-state index contributed by atoms with van der Waals surface area (Å²) in [5, 5.41) is 14.5. The Morgan fingerprint density at radius 1 is 1.24 bits per heavy atom. The molecule has 0 bridgehead atoms. The van der Waals surface area contributed by atoms with Gasteiger partial charge in [-0.15, -0.1) is 0 Å². The number of para-hydroxylation sites is 2. The largest absolute Gasteiger partial charge is 0.295 e. The maximum absolute atomic E-state index is 12.6. The van der Waals surface area contributed by atoms with Crippen LogP contribution in [-0.2, 0) is 0 Å². The number of rotatable bonds is 4. The van der Waals surface area contributed by atoms with Crippen LogP contribution >= 0.6 is 11.6 Å². The zero-order valence-corrected chi connectivity index (χ0v) is 13.9. The molecule has 0 fully saturated rings. The molecule has 3 rings (SSSR count). The summed E-state index contributed by atoms with van der Waals surface area (Å²) in [6.45, 7) is 1.73. The minimum Gasteiger partial charge on any atom is -0.295 e. The lowest BCUT2D eigenvalue weighted by atomic mass is 10.2. The Hall–Kier alpha value is -3.19. The second-order valence-electron chi connectivity index (χ2n) is 5.27. The number of aryl methyl sites for hydroxylation is 1. The molecule has 25 heavy (non-hydrogen) atoms. The number of aliphatic imine (C=N–C) groups is 1. The fraction of sp³-hybridized carbons (Fsp3) is 0.0588. The van der Waals surface area contributed by atoms with Crippen LogP contribution in [0.4, 0.5) is 11.4 Å². The van der Waals surface area contributed by atoms with Crippen LogP contribution in [0.5, 0.6) is 0 Å². The van der Waals surface area contributed by atoms with Gasteiger partial charge in [0.1, 0.15) is 5.69 Å². The molecule has 3 aromatic rings. The van der Waals surface area contributed by atoms with Gasteiger partial charge < -0.3 is 0 Å². The highest BCUT2D eigenvalue weighted by molar-refractivity contribution is 6.30. The van der Waals surface area contributed by atoms with E-state index in [-0.39, 0.29) is 16.9 Å². The average molecular weight is 357 g/mol. The van der Waals surface area contributed by atoms with Crippen molar-refractivity contribution >= 4 is 29.2 Å². The first kappa shape index (κ1) is 16.7. The Labute approximate surface area is 147 Å². The van der Waals surface area contributed by atoms with Crippen LogP contribution in [0.3, 0.4) is 0 Å². The molecule has 0 saturated heterocycles. The molecule has 2 aromatic carbocycles. The van der Waals surface area contributed by atoms with E-state index in [4.69, 9.17) is 11.6 Å². The number of nitro benzene ring substituents is 1. The molecule has 0 aliphatic heterocycles. The summed E-state index contributed by atoms with van der Waals surface area (Å²) in [5.41, 5.74) is 1.24. The van der Waals surface area contributed by atoms with E-state index >= 15 is 0 Å². The molecule has 0 spiro atoms. The third kappa shape index (κ3) is 3.36. The van der Waals surface area contributed by atoms with Crippen LogP contribution < -0.4 is 5.56 Å². The van der Waals surface area contributed by atoms with Gasteiger partial charge in [0.15, 0.2) is 0 Å². The molecule has 0 aliphatic rings. The van der Waals surface area contributed by atoms with Crippen molar-refractivity contribution in [1.82, 2.24) is 9.78 Å². The average Bonchev–Trinajstić information content (AvgIpc) is 2.87. The van der Waals surface area contributed by atoms with Crippen molar-refractivity contribution < 1.29 is 4.92 Å². The highest BCUT2D eigenvalue weighted by atomic mass is 35.5. The van der Waals surface area contributed by atoms with Gasteiger partial charge in [-0.3, -0.25) is 20.0 Å². The minimum absolute atomic E-state index is 0.123. The number of H-pyrrole nitrogens is 1. The molecule has 1 aromatic heterocycles. The van der Waals surface area contributed by atoms with Crippen LogP contribution in [0.2, 0.25) is 5.02 Å². The lowest BCUT2D eigenvalue weighted by molar-refractivity contribution is -0.384. The molecule has 0 saturated carbocycles. The van der Waals surface area contributed by atoms with Crippen molar-refractivity contribution in [3.8, 4) is 5.69 Å². The van der Waals surface area contributed by atoms with Crippen molar-refractivity contribution in [2.45, 2.75) is 6.92 Å². The van der Waals surface area contributed by atoms with E-state index in [1.54, 1.807) is 43.3 Å². The quantitative estimate of drug-likeness (QED) is 0.438. The smallest absolute Gasteiger partial charge is 0.294 e. The highest BCUT2D eigenvalue weighted by Gasteiger charge is 2.13. The summed E-state index contributed by atoms with van der Waals surface area (Å²) in [4.78, 5) is 27.2. The number of hydrogen-bond acceptors (Lipinski definition) is 4. The van der Waals surface area contributed by atoms with Gasteiger partial charge in [-0.25, -0.2) is 9.67 Å². The van der Waals surface area contributed by atoms with Gasteiger partial charge in [0, 0.05) is 23.0 Å². The second kappa shape index (κ2) is 6.74. The van der Waals surface area contributed by atoms with Crippen molar-refractivity contribution in [3.63, 3.8) is 0 Å². The van der Waals surface area contributed by atoms with Crippen LogP contribution in [0.1, 0.15) is 11.3 Å². The van der Waals surface area contributed by atoms with Crippen LogP contribution in [0.25, 0.3) is 5.69 Å². The molecule has 7 nitrogen and oxygen atoms in total. The second-order valence-corrected chi connectivity index (χ2v) is 5.71. The summed E-state index contributed by atoms with van der Waals surface area (Å²) >= 11 is 5.96. The highest BCUT2D eigenvalue weighted by Crippen LogP contribution is 2.26. The van der Waals surface area contributed by atoms with Gasteiger partial charge in [-0.05, 0) is 31.2 Å². The van der Waals surface area contributed by atoms with Gasteiger partial charge in [-0.1, -0.05) is 29.8 Å². The van der Waals surface area contributed by atoms with Crippen LogP contribution in [-0.4, -0.2) is 20.9 Å². The predicted molar refractivity (Wildman–Crippen MR) is 96.5 cm³/mol. The van der Waals surface area contributed by atoms with Crippen LogP contribution in [0, 0.1) is 17.0 Å². The normalized spacial score (nSPS) is 11.1. The number of benzene rings is 2. The number of aromatic amines is 1. The number of nitrogens with zero attached hydrogens (tertiary/aromatic N) is 3. The number of halogens is 1. The van der Waals surface area contributed by atoms with Gasteiger partial charge in [0.2, 0.25) is 0 Å². The predicted octanol–water partition coefficient (Wildman–Crippen LogP) is 3.79. The van der Waals surface area contributed by atoms with Crippen LogP contribution in [0.15, 0.2) is 58.3 Å². The Balaban J connectivity index is 2.03. The summed E-state index contributed by atoms with van der Waals surface area (Å²) < 4.78 is 1.35. The SMILES string of the molecule is Cc1[nH]n(-c2cccc(Cl)c2)c(=O)c1C=Nc1ccccc1[N+](=O)[O-]. The van der Waals surface area contributed by atoms with Gasteiger partial charge in [-0.2, -0.15) is 0 Å². The molecular weight excluding hydrogens is 344 g/mol. The van der Waals surface area contributed by atoms with Gasteiger partial charge >= 0.3 is 0 Å². The number of nitro groups is 1. The fourth-order valence-electron chi connectivity index (χ4n) is 2.37. The topological polar surface area (TPSA) is 93.3 Å². The molecule has 1 N–H and O–H groups in total. The van der Waals surface area contributed by atoms with E-state index in [1.165, 1.54) is 23.0 Å². The first-order valence-corrected chi connectivity index (χ1v) is 7.70. The Kier molecular flexibility index (Phi) is 4.49. The minimum atomic E-state index is -0.513. The zero-order valence-electron chi connectivity index (χ0n) is 13.1. The van der Waals surface area contributed by atoms with E-state index in [2.05, 4.69) is 10.1 Å². The number of hydrogen-bond donors (Lipinski definition) is 1. The maximum atomic E-state index is 12.6. The summed E-state index contributed by atoms with van der Waals surface area (Å²) in [5.74, 6) is 0. The van der Waals surface area contributed by atoms with E-state index < -0.39 is 4.92 Å². The summed E-state index contributed by atoms with van der Waals surface area (Å²) in [7, 11) is 0. The molecule has 1 heterocycles. The molecule has 0 amide bonds. The number of nitrogens with one attached hydrogen (secondary N) is 1. The third-order valence-corrected chi connectivity index (χ3v) is 3.83. The Bertz CT molecular complexity index is 1040. The first-order valence-electron chi connectivity index (χ1n) is 7.32.